The number of nitrogens with zero attached hydrogens (tertiary/aromatic N) is 1. The molecule has 1 N–H and O–H groups in total. The number of aliphatic hydroxyl groups excluding tert-OH is 1. The van der Waals surface area contributed by atoms with Crippen LogP contribution in [0.15, 0.2) is 48.5 Å². The molecule has 26 heavy (non-hydrogen) atoms. The van der Waals surface area contributed by atoms with Crippen molar-refractivity contribution in [1.82, 2.24) is 4.90 Å². The van der Waals surface area contributed by atoms with Crippen LogP contribution in [-0.4, -0.2) is 42.9 Å². The Balaban J connectivity index is 1.90. The molecule has 2 aromatic rings. The second kappa shape index (κ2) is 10.2. The van der Waals surface area contributed by atoms with Crippen LogP contribution in [0.2, 0.25) is 0 Å². The zero-order valence-electron chi connectivity index (χ0n) is 16.3. The molecule has 0 aliphatic rings. The van der Waals surface area contributed by atoms with Crippen LogP contribution in [0.25, 0.3) is 0 Å². The van der Waals surface area contributed by atoms with Gasteiger partial charge in [-0.05, 0) is 48.2 Å². The zero-order valence-corrected chi connectivity index (χ0v) is 16.3. The van der Waals surface area contributed by atoms with E-state index in [1.54, 1.807) is 7.11 Å². The molecular formula is C22H31NO3. The monoisotopic (exact) mass is 357 g/mol. The van der Waals surface area contributed by atoms with Gasteiger partial charge in [-0.1, -0.05) is 38.1 Å². The van der Waals surface area contributed by atoms with E-state index in [0.29, 0.717) is 12.5 Å². The van der Waals surface area contributed by atoms with Crippen molar-refractivity contribution < 1.29 is 14.6 Å². The first-order chi connectivity index (χ1) is 12.5. The molecule has 0 bridgehead atoms. The average molecular weight is 357 g/mol. The van der Waals surface area contributed by atoms with E-state index >= 15 is 0 Å². The first-order valence-electron chi connectivity index (χ1n) is 9.19. The summed E-state index contributed by atoms with van der Waals surface area (Å²) in [5.41, 5.74) is 2.58. The van der Waals surface area contributed by atoms with Crippen LogP contribution >= 0.6 is 0 Å². The molecule has 142 valence electrons. The van der Waals surface area contributed by atoms with Gasteiger partial charge in [-0.25, -0.2) is 0 Å². The minimum Gasteiger partial charge on any atom is -0.497 e. The van der Waals surface area contributed by atoms with E-state index in [-0.39, 0.29) is 6.61 Å². The minimum absolute atomic E-state index is 0.273. The van der Waals surface area contributed by atoms with Gasteiger partial charge in [0.15, 0.2) is 0 Å². The van der Waals surface area contributed by atoms with Crippen LogP contribution in [0.4, 0.5) is 0 Å². The van der Waals surface area contributed by atoms with Crippen LogP contribution in [0.1, 0.15) is 25.0 Å². The molecule has 0 aliphatic carbocycles. The van der Waals surface area contributed by atoms with Crippen molar-refractivity contribution in [3.05, 3.63) is 59.7 Å². The van der Waals surface area contributed by atoms with Crippen molar-refractivity contribution in [3.8, 4) is 11.5 Å². The molecular weight excluding hydrogens is 326 g/mol. The molecule has 1 atom stereocenters. The maximum Gasteiger partial charge on any atom is 0.119 e. The Morgan fingerprint density at radius 3 is 2.23 bits per heavy atom. The van der Waals surface area contributed by atoms with Gasteiger partial charge in [0.05, 0.1) is 7.11 Å². The summed E-state index contributed by atoms with van der Waals surface area (Å²) in [5, 5.41) is 10.5. The molecule has 0 spiro atoms. The van der Waals surface area contributed by atoms with Gasteiger partial charge in [-0.2, -0.15) is 0 Å². The van der Waals surface area contributed by atoms with Crippen LogP contribution < -0.4 is 9.47 Å². The number of hydrogen-bond donors (Lipinski definition) is 1. The minimum atomic E-state index is -0.542. The van der Waals surface area contributed by atoms with Crippen LogP contribution in [0.5, 0.6) is 11.5 Å². The predicted octanol–water partition coefficient (Wildman–Crippen LogP) is 3.90. The van der Waals surface area contributed by atoms with E-state index in [2.05, 4.69) is 49.9 Å². The van der Waals surface area contributed by atoms with E-state index in [4.69, 9.17) is 9.47 Å². The second-order valence-electron chi connectivity index (χ2n) is 7.15. The molecule has 0 radical (unpaired) electrons. The lowest BCUT2D eigenvalue weighted by Crippen LogP contribution is -2.37. The quantitative estimate of drug-likeness (QED) is 0.700. The number of methoxy groups -OCH3 is 1. The molecule has 0 fully saturated rings. The first-order valence-corrected chi connectivity index (χ1v) is 9.19. The largest absolute Gasteiger partial charge is 0.497 e. The van der Waals surface area contributed by atoms with Gasteiger partial charge in [0.2, 0.25) is 0 Å². The van der Waals surface area contributed by atoms with E-state index in [1.807, 2.05) is 24.3 Å². The molecule has 0 saturated carbocycles. The van der Waals surface area contributed by atoms with Crippen molar-refractivity contribution in [2.45, 2.75) is 33.4 Å². The fourth-order valence-electron chi connectivity index (χ4n) is 2.96. The Morgan fingerprint density at radius 2 is 1.62 bits per heavy atom. The summed E-state index contributed by atoms with van der Waals surface area (Å²) in [4.78, 5) is 2.30. The topological polar surface area (TPSA) is 41.9 Å². The fourth-order valence-corrected chi connectivity index (χ4v) is 2.96. The van der Waals surface area contributed by atoms with Crippen molar-refractivity contribution in [3.63, 3.8) is 0 Å². The van der Waals surface area contributed by atoms with Gasteiger partial charge in [-0.3, -0.25) is 4.90 Å². The lowest BCUT2D eigenvalue weighted by atomic mass is 10.1. The third kappa shape index (κ3) is 6.70. The summed E-state index contributed by atoms with van der Waals surface area (Å²) < 4.78 is 10.9. The Labute approximate surface area is 157 Å². The standard InChI is InChI=1S/C22H31NO3/c1-17(2)13-23(14-19-8-6-5-7-18(19)3)15-20(24)16-26-22-11-9-21(25-4)10-12-22/h5-12,17,20,24H,13-16H2,1-4H3. The molecule has 0 amide bonds. The molecule has 2 rings (SSSR count). The highest BCUT2D eigenvalue weighted by Gasteiger charge is 2.15. The number of hydrogen-bond acceptors (Lipinski definition) is 4. The Bertz CT molecular complexity index is 655. The SMILES string of the molecule is COc1ccc(OCC(O)CN(Cc2ccccc2C)CC(C)C)cc1. The Kier molecular flexibility index (Phi) is 7.95. The van der Waals surface area contributed by atoms with Crippen molar-refractivity contribution in [1.29, 1.82) is 0 Å². The number of benzene rings is 2. The van der Waals surface area contributed by atoms with Crippen LogP contribution in [0.3, 0.4) is 0 Å². The van der Waals surface area contributed by atoms with Gasteiger partial charge in [0, 0.05) is 19.6 Å². The van der Waals surface area contributed by atoms with Crippen LogP contribution in [-0.2, 0) is 6.54 Å². The van der Waals surface area contributed by atoms with E-state index < -0.39 is 6.10 Å². The predicted molar refractivity (Wildman–Crippen MR) is 106 cm³/mol. The molecule has 4 nitrogen and oxygen atoms in total. The zero-order chi connectivity index (χ0) is 18.9. The highest BCUT2D eigenvalue weighted by atomic mass is 16.5. The molecule has 0 aromatic heterocycles. The number of rotatable bonds is 10. The maximum absolute atomic E-state index is 10.5. The third-order valence-corrected chi connectivity index (χ3v) is 4.25. The number of ether oxygens (including phenoxy) is 2. The Morgan fingerprint density at radius 1 is 0.962 bits per heavy atom. The van der Waals surface area contributed by atoms with E-state index in [1.165, 1.54) is 11.1 Å². The third-order valence-electron chi connectivity index (χ3n) is 4.25. The maximum atomic E-state index is 10.5. The Hall–Kier alpha value is -2.04. The van der Waals surface area contributed by atoms with E-state index in [0.717, 1.165) is 24.6 Å². The van der Waals surface area contributed by atoms with Gasteiger partial charge in [-0.15, -0.1) is 0 Å². The highest BCUT2D eigenvalue weighted by molar-refractivity contribution is 5.31. The smallest absolute Gasteiger partial charge is 0.119 e. The molecule has 0 heterocycles. The molecule has 0 aliphatic heterocycles. The second-order valence-corrected chi connectivity index (χ2v) is 7.15. The van der Waals surface area contributed by atoms with Gasteiger partial charge in [0.25, 0.3) is 0 Å². The summed E-state index contributed by atoms with van der Waals surface area (Å²) in [6, 6.07) is 15.8. The fraction of sp³-hybridized carbons (Fsp3) is 0.455. The lowest BCUT2D eigenvalue weighted by molar-refractivity contribution is 0.0614. The lowest BCUT2D eigenvalue weighted by Gasteiger charge is -2.27. The molecule has 1 unspecified atom stereocenters. The summed E-state index contributed by atoms with van der Waals surface area (Å²) in [5.74, 6) is 2.06. The normalized spacial score (nSPS) is 12.4. The molecule has 0 saturated heterocycles. The summed E-state index contributed by atoms with van der Waals surface area (Å²) >= 11 is 0. The highest BCUT2D eigenvalue weighted by Crippen LogP contribution is 2.17. The van der Waals surface area contributed by atoms with Crippen LogP contribution in [0, 0.1) is 12.8 Å². The molecule has 4 heteroatoms. The van der Waals surface area contributed by atoms with E-state index in [9.17, 15) is 5.11 Å². The first kappa shape index (κ1) is 20.3. The average Bonchev–Trinajstić information content (AvgIpc) is 2.62. The van der Waals surface area contributed by atoms with Gasteiger partial charge < -0.3 is 14.6 Å². The van der Waals surface area contributed by atoms with Crippen molar-refractivity contribution in [2.24, 2.45) is 5.92 Å². The molecule has 2 aromatic carbocycles. The number of aryl methyl sites for hydroxylation is 1. The summed E-state index contributed by atoms with van der Waals surface area (Å²) in [7, 11) is 1.64. The van der Waals surface area contributed by atoms with Crippen molar-refractivity contribution >= 4 is 0 Å². The van der Waals surface area contributed by atoms with Gasteiger partial charge >= 0.3 is 0 Å². The van der Waals surface area contributed by atoms with Gasteiger partial charge in [0.1, 0.15) is 24.2 Å². The number of aliphatic hydroxyl groups is 1. The summed E-state index contributed by atoms with van der Waals surface area (Å²) in [6.45, 7) is 9.16. The summed E-state index contributed by atoms with van der Waals surface area (Å²) in [6.07, 6.45) is -0.542. The van der Waals surface area contributed by atoms with Crippen molar-refractivity contribution in [2.75, 3.05) is 26.8 Å².